The number of H-pyrrole nitrogens is 1. The standard InChI is InChI=1S/C11H19N3O2/c1-7(13-16-6)8-9(11(2,3)4)12-14(5)10(8)15/h12H,1-6H3/b13-7+. The van der Waals surface area contributed by atoms with Crippen molar-refractivity contribution in [1.82, 2.24) is 9.78 Å². The van der Waals surface area contributed by atoms with Crippen LogP contribution in [0.4, 0.5) is 0 Å². The molecule has 0 fully saturated rings. The van der Waals surface area contributed by atoms with Crippen molar-refractivity contribution in [2.24, 2.45) is 12.2 Å². The molecule has 0 saturated carbocycles. The lowest BCUT2D eigenvalue weighted by Crippen LogP contribution is -2.21. The lowest BCUT2D eigenvalue weighted by Gasteiger charge is -2.17. The lowest BCUT2D eigenvalue weighted by molar-refractivity contribution is 0.213. The average Bonchev–Trinajstić information content (AvgIpc) is 2.43. The normalized spacial score (nSPS) is 13.0. The Balaban J connectivity index is 3.48. The summed E-state index contributed by atoms with van der Waals surface area (Å²) in [7, 11) is 3.17. The number of aryl methyl sites for hydroxylation is 1. The molecule has 1 rings (SSSR count). The van der Waals surface area contributed by atoms with Gasteiger partial charge in [-0.3, -0.25) is 14.6 Å². The van der Waals surface area contributed by atoms with Gasteiger partial charge in [-0.2, -0.15) is 0 Å². The monoisotopic (exact) mass is 225 g/mol. The molecule has 1 N–H and O–H groups in total. The Morgan fingerprint density at radius 3 is 2.44 bits per heavy atom. The molecule has 90 valence electrons. The molecule has 1 aromatic heterocycles. The third kappa shape index (κ3) is 2.18. The number of hydrogen-bond acceptors (Lipinski definition) is 3. The number of hydrogen-bond donors (Lipinski definition) is 1. The molecular formula is C11H19N3O2. The largest absolute Gasteiger partial charge is 0.399 e. The summed E-state index contributed by atoms with van der Waals surface area (Å²) in [6, 6.07) is 0. The molecule has 0 saturated heterocycles. The minimum absolute atomic E-state index is 0.0803. The van der Waals surface area contributed by atoms with Gasteiger partial charge < -0.3 is 4.84 Å². The van der Waals surface area contributed by atoms with Gasteiger partial charge in [0.25, 0.3) is 5.56 Å². The molecular weight excluding hydrogens is 206 g/mol. The maximum atomic E-state index is 11.9. The topological polar surface area (TPSA) is 59.4 Å². The Kier molecular flexibility index (Phi) is 3.26. The number of nitrogens with zero attached hydrogens (tertiary/aromatic N) is 2. The third-order valence-electron chi connectivity index (χ3n) is 2.39. The molecule has 0 spiro atoms. The predicted molar refractivity (Wildman–Crippen MR) is 64.0 cm³/mol. The van der Waals surface area contributed by atoms with Crippen molar-refractivity contribution >= 4 is 5.71 Å². The fourth-order valence-corrected chi connectivity index (χ4v) is 1.61. The first-order valence-corrected chi connectivity index (χ1v) is 5.16. The maximum Gasteiger partial charge on any atom is 0.275 e. The van der Waals surface area contributed by atoms with Crippen LogP contribution in [0.2, 0.25) is 0 Å². The van der Waals surface area contributed by atoms with Crippen LogP contribution >= 0.6 is 0 Å². The van der Waals surface area contributed by atoms with Gasteiger partial charge in [-0.25, -0.2) is 0 Å². The lowest BCUT2D eigenvalue weighted by atomic mass is 9.88. The molecule has 0 aliphatic carbocycles. The minimum Gasteiger partial charge on any atom is -0.399 e. The highest BCUT2D eigenvalue weighted by molar-refractivity contribution is 5.99. The van der Waals surface area contributed by atoms with E-state index in [2.05, 4.69) is 10.3 Å². The van der Waals surface area contributed by atoms with Crippen molar-refractivity contribution in [2.45, 2.75) is 33.1 Å². The highest BCUT2D eigenvalue weighted by atomic mass is 16.6. The van der Waals surface area contributed by atoms with E-state index >= 15 is 0 Å². The van der Waals surface area contributed by atoms with Gasteiger partial charge in [-0.15, -0.1) is 0 Å². The van der Waals surface area contributed by atoms with E-state index in [1.807, 2.05) is 20.8 Å². The van der Waals surface area contributed by atoms with Crippen molar-refractivity contribution < 1.29 is 4.84 Å². The van der Waals surface area contributed by atoms with E-state index in [4.69, 9.17) is 4.84 Å². The average molecular weight is 225 g/mol. The fourth-order valence-electron chi connectivity index (χ4n) is 1.61. The van der Waals surface area contributed by atoms with Crippen LogP contribution in [0, 0.1) is 0 Å². The maximum absolute atomic E-state index is 11.9. The molecule has 0 aliphatic heterocycles. The van der Waals surface area contributed by atoms with Crippen molar-refractivity contribution in [2.75, 3.05) is 7.11 Å². The van der Waals surface area contributed by atoms with Gasteiger partial charge in [0.2, 0.25) is 0 Å². The number of nitrogens with one attached hydrogen (secondary N) is 1. The summed E-state index contributed by atoms with van der Waals surface area (Å²) < 4.78 is 1.46. The first kappa shape index (κ1) is 12.5. The molecule has 0 unspecified atom stereocenters. The summed E-state index contributed by atoms with van der Waals surface area (Å²) in [5.41, 5.74) is 1.84. The molecule has 0 amide bonds. The molecule has 16 heavy (non-hydrogen) atoms. The fraction of sp³-hybridized carbons (Fsp3) is 0.636. The smallest absolute Gasteiger partial charge is 0.275 e. The van der Waals surface area contributed by atoms with Gasteiger partial charge >= 0.3 is 0 Å². The minimum atomic E-state index is -0.139. The number of aromatic amines is 1. The van der Waals surface area contributed by atoms with E-state index in [9.17, 15) is 4.79 Å². The zero-order valence-electron chi connectivity index (χ0n) is 10.7. The van der Waals surface area contributed by atoms with E-state index in [0.717, 1.165) is 5.69 Å². The first-order valence-electron chi connectivity index (χ1n) is 5.16. The van der Waals surface area contributed by atoms with Gasteiger partial charge in [0, 0.05) is 12.5 Å². The SMILES string of the molecule is CO/N=C(\C)c1c(C(C)(C)C)[nH]n(C)c1=O. The van der Waals surface area contributed by atoms with Crippen molar-refractivity contribution in [3.05, 3.63) is 21.6 Å². The van der Waals surface area contributed by atoms with Crippen LogP contribution in [-0.2, 0) is 17.3 Å². The molecule has 1 aromatic rings. The van der Waals surface area contributed by atoms with E-state index in [1.54, 1.807) is 14.0 Å². The quantitative estimate of drug-likeness (QED) is 0.610. The van der Waals surface area contributed by atoms with Crippen LogP contribution in [0.1, 0.15) is 39.0 Å². The van der Waals surface area contributed by atoms with Gasteiger partial charge in [0.05, 0.1) is 17.0 Å². The molecule has 0 atom stereocenters. The van der Waals surface area contributed by atoms with Crippen LogP contribution in [0.5, 0.6) is 0 Å². The van der Waals surface area contributed by atoms with Crippen LogP contribution in [0.3, 0.4) is 0 Å². The second-order valence-electron chi connectivity index (χ2n) is 4.84. The van der Waals surface area contributed by atoms with E-state index < -0.39 is 0 Å². The summed E-state index contributed by atoms with van der Waals surface area (Å²) in [5.74, 6) is 0. The van der Waals surface area contributed by atoms with Crippen molar-refractivity contribution in [3.63, 3.8) is 0 Å². The van der Waals surface area contributed by atoms with Crippen LogP contribution in [-0.4, -0.2) is 22.6 Å². The van der Waals surface area contributed by atoms with E-state index in [0.29, 0.717) is 11.3 Å². The zero-order valence-corrected chi connectivity index (χ0v) is 10.7. The van der Waals surface area contributed by atoms with Crippen LogP contribution in [0.15, 0.2) is 9.95 Å². The highest BCUT2D eigenvalue weighted by Gasteiger charge is 2.25. The molecule has 0 aromatic carbocycles. The number of aromatic nitrogens is 2. The van der Waals surface area contributed by atoms with E-state index in [-0.39, 0.29) is 11.0 Å². The zero-order chi connectivity index (χ0) is 12.5. The summed E-state index contributed by atoms with van der Waals surface area (Å²) >= 11 is 0. The molecule has 1 heterocycles. The summed E-state index contributed by atoms with van der Waals surface area (Å²) in [4.78, 5) is 16.7. The molecule has 5 nitrogen and oxygen atoms in total. The Labute approximate surface area is 95.1 Å². The van der Waals surface area contributed by atoms with Gasteiger partial charge in [-0.1, -0.05) is 25.9 Å². The second-order valence-corrected chi connectivity index (χ2v) is 4.84. The first-order chi connectivity index (χ1) is 7.29. The predicted octanol–water partition coefficient (Wildman–Crippen LogP) is 1.38. The van der Waals surface area contributed by atoms with Crippen LogP contribution < -0.4 is 5.56 Å². The number of rotatable bonds is 2. The molecule has 0 radical (unpaired) electrons. The summed E-state index contributed by atoms with van der Waals surface area (Å²) in [6.07, 6.45) is 0. The van der Waals surface area contributed by atoms with Gasteiger partial charge in [0.15, 0.2) is 0 Å². The van der Waals surface area contributed by atoms with Gasteiger partial charge in [0.1, 0.15) is 7.11 Å². The molecule has 5 heteroatoms. The molecule has 0 bridgehead atoms. The molecule has 0 aliphatic rings. The summed E-state index contributed by atoms with van der Waals surface area (Å²) in [6.45, 7) is 7.90. The Bertz CT molecular complexity index is 461. The Morgan fingerprint density at radius 2 is 2.00 bits per heavy atom. The van der Waals surface area contributed by atoms with Crippen LogP contribution in [0.25, 0.3) is 0 Å². The van der Waals surface area contributed by atoms with Gasteiger partial charge in [-0.05, 0) is 6.92 Å². The highest BCUT2D eigenvalue weighted by Crippen LogP contribution is 2.22. The van der Waals surface area contributed by atoms with E-state index in [1.165, 1.54) is 11.8 Å². The van der Waals surface area contributed by atoms with Crippen molar-refractivity contribution in [1.29, 1.82) is 0 Å². The number of oxime groups is 1. The van der Waals surface area contributed by atoms with Crippen molar-refractivity contribution in [3.8, 4) is 0 Å². The Hall–Kier alpha value is -1.52. The summed E-state index contributed by atoms with van der Waals surface area (Å²) in [5, 5.41) is 6.89. The second kappa shape index (κ2) is 4.15. The third-order valence-corrected chi connectivity index (χ3v) is 2.39. The Morgan fingerprint density at radius 1 is 1.44 bits per heavy atom.